The third-order valence-electron chi connectivity index (χ3n) is 4.44. The second kappa shape index (κ2) is 6.97. The van der Waals surface area contributed by atoms with Gasteiger partial charge < -0.3 is 19.3 Å². The Morgan fingerprint density at radius 3 is 2.24 bits per heavy atom. The number of carbonyl (C=O) groups is 1. The van der Waals surface area contributed by atoms with Gasteiger partial charge in [0.05, 0.1) is 0 Å². The van der Waals surface area contributed by atoms with Crippen molar-refractivity contribution < 1.29 is 14.3 Å². The molecule has 0 atom stereocenters. The van der Waals surface area contributed by atoms with E-state index in [2.05, 4.69) is 4.90 Å². The van der Waals surface area contributed by atoms with Gasteiger partial charge in [-0.2, -0.15) is 0 Å². The van der Waals surface area contributed by atoms with Crippen molar-refractivity contribution in [2.45, 2.75) is 64.1 Å². The third kappa shape index (κ3) is 4.85. The molecule has 2 saturated heterocycles. The monoisotopic (exact) mass is 298 g/mol. The van der Waals surface area contributed by atoms with Gasteiger partial charge in [0, 0.05) is 45.4 Å². The minimum Gasteiger partial charge on any atom is -0.444 e. The summed E-state index contributed by atoms with van der Waals surface area (Å²) in [7, 11) is 1.86. The minimum atomic E-state index is -0.422. The minimum absolute atomic E-state index is 0.202. The van der Waals surface area contributed by atoms with Gasteiger partial charge in [-0.25, -0.2) is 4.79 Å². The Morgan fingerprint density at radius 2 is 1.71 bits per heavy atom. The van der Waals surface area contributed by atoms with Crippen LogP contribution in [0.1, 0.15) is 46.5 Å². The molecule has 0 aromatic heterocycles. The first-order valence-corrected chi connectivity index (χ1v) is 8.14. The molecule has 0 bridgehead atoms. The number of carbonyl (C=O) groups excluding carboxylic acids is 1. The number of ether oxygens (including phenoxy) is 2. The van der Waals surface area contributed by atoms with Crippen molar-refractivity contribution in [3.05, 3.63) is 0 Å². The van der Waals surface area contributed by atoms with Gasteiger partial charge in [-0.05, 0) is 46.5 Å². The fourth-order valence-electron chi connectivity index (χ4n) is 3.17. The van der Waals surface area contributed by atoms with Crippen molar-refractivity contribution >= 4 is 6.09 Å². The molecule has 122 valence electrons. The SMILES string of the molecule is CN(C(=O)OC(C)(C)C)C1CCN(C2CCOCC2)CC1. The van der Waals surface area contributed by atoms with E-state index in [4.69, 9.17) is 9.47 Å². The molecule has 5 heteroatoms. The maximum absolute atomic E-state index is 12.1. The molecule has 0 saturated carbocycles. The normalized spacial score (nSPS) is 23.0. The molecule has 2 aliphatic heterocycles. The third-order valence-corrected chi connectivity index (χ3v) is 4.44. The highest BCUT2D eigenvalue weighted by Crippen LogP contribution is 2.23. The Balaban J connectivity index is 1.78. The van der Waals surface area contributed by atoms with E-state index in [9.17, 15) is 4.79 Å². The first-order chi connectivity index (χ1) is 9.87. The van der Waals surface area contributed by atoms with E-state index in [1.165, 1.54) is 0 Å². The van der Waals surface area contributed by atoms with Crippen LogP contribution in [0.15, 0.2) is 0 Å². The van der Waals surface area contributed by atoms with Crippen molar-refractivity contribution in [2.24, 2.45) is 0 Å². The average Bonchev–Trinajstić information content (AvgIpc) is 2.46. The largest absolute Gasteiger partial charge is 0.444 e. The van der Waals surface area contributed by atoms with E-state index in [1.54, 1.807) is 4.90 Å². The van der Waals surface area contributed by atoms with Crippen molar-refractivity contribution in [1.29, 1.82) is 0 Å². The second-order valence-corrected chi connectivity index (χ2v) is 7.20. The molecule has 2 aliphatic rings. The Kier molecular flexibility index (Phi) is 5.49. The van der Waals surface area contributed by atoms with Crippen LogP contribution in [-0.4, -0.2) is 66.9 Å². The number of hydrogen-bond acceptors (Lipinski definition) is 4. The summed E-state index contributed by atoms with van der Waals surface area (Å²) in [5.74, 6) is 0. The molecule has 2 heterocycles. The van der Waals surface area contributed by atoms with Crippen LogP contribution in [0.5, 0.6) is 0 Å². The summed E-state index contributed by atoms with van der Waals surface area (Å²) in [5, 5.41) is 0. The van der Waals surface area contributed by atoms with Crippen molar-refractivity contribution in [3.8, 4) is 0 Å². The van der Waals surface area contributed by atoms with Crippen LogP contribution in [-0.2, 0) is 9.47 Å². The van der Waals surface area contributed by atoms with Crippen LogP contribution >= 0.6 is 0 Å². The van der Waals surface area contributed by atoms with Gasteiger partial charge in [0.15, 0.2) is 0 Å². The zero-order chi connectivity index (χ0) is 15.5. The van der Waals surface area contributed by atoms with E-state index in [0.29, 0.717) is 12.1 Å². The maximum atomic E-state index is 12.1. The molecule has 5 nitrogen and oxygen atoms in total. The molecule has 0 aromatic carbocycles. The highest BCUT2D eigenvalue weighted by Gasteiger charge is 2.31. The predicted octanol–water partition coefficient (Wildman–Crippen LogP) is 2.50. The Bertz CT molecular complexity index is 340. The Hall–Kier alpha value is -0.810. The molecular formula is C16H30N2O3. The van der Waals surface area contributed by atoms with Crippen LogP contribution in [0.2, 0.25) is 0 Å². The fraction of sp³-hybridized carbons (Fsp3) is 0.938. The van der Waals surface area contributed by atoms with Gasteiger partial charge in [-0.15, -0.1) is 0 Å². The first kappa shape index (κ1) is 16.6. The van der Waals surface area contributed by atoms with E-state index in [-0.39, 0.29) is 6.09 Å². The van der Waals surface area contributed by atoms with E-state index in [1.807, 2.05) is 27.8 Å². The van der Waals surface area contributed by atoms with Gasteiger partial charge in [0.1, 0.15) is 5.60 Å². The van der Waals surface area contributed by atoms with Crippen LogP contribution in [0.25, 0.3) is 0 Å². The molecule has 21 heavy (non-hydrogen) atoms. The summed E-state index contributed by atoms with van der Waals surface area (Å²) in [6.45, 7) is 9.65. The first-order valence-electron chi connectivity index (χ1n) is 8.14. The standard InChI is InChI=1S/C16H30N2O3/c1-16(2,3)21-15(19)17(4)13-5-9-18(10-6-13)14-7-11-20-12-8-14/h13-14H,5-12H2,1-4H3. The number of rotatable bonds is 2. The molecule has 0 aromatic rings. The second-order valence-electron chi connectivity index (χ2n) is 7.20. The summed E-state index contributed by atoms with van der Waals surface area (Å²) < 4.78 is 10.9. The summed E-state index contributed by atoms with van der Waals surface area (Å²) in [5.41, 5.74) is -0.422. The van der Waals surface area contributed by atoms with Crippen molar-refractivity contribution in [2.75, 3.05) is 33.4 Å². The number of likely N-dealkylation sites (tertiary alicyclic amines) is 1. The predicted molar refractivity (Wildman–Crippen MR) is 82.4 cm³/mol. The van der Waals surface area contributed by atoms with Crippen molar-refractivity contribution in [1.82, 2.24) is 9.80 Å². The number of hydrogen-bond donors (Lipinski definition) is 0. The van der Waals surface area contributed by atoms with E-state index < -0.39 is 5.60 Å². The van der Waals surface area contributed by atoms with Crippen LogP contribution in [0, 0.1) is 0 Å². The number of piperidine rings is 1. The molecule has 0 aliphatic carbocycles. The molecule has 2 fully saturated rings. The Labute approximate surface area is 128 Å². The lowest BCUT2D eigenvalue weighted by Crippen LogP contribution is -2.50. The maximum Gasteiger partial charge on any atom is 0.410 e. The molecule has 2 rings (SSSR count). The smallest absolute Gasteiger partial charge is 0.410 e. The van der Waals surface area contributed by atoms with E-state index >= 15 is 0 Å². The molecule has 0 spiro atoms. The summed E-state index contributed by atoms with van der Waals surface area (Å²) >= 11 is 0. The van der Waals surface area contributed by atoms with Gasteiger partial charge >= 0.3 is 6.09 Å². The topological polar surface area (TPSA) is 42.0 Å². The van der Waals surface area contributed by atoms with Gasteiger partial charge in [0.25, 0.3) is 0 Å². The highest BCUT2D eigenvalue weighted by molar-refractivity contribution is 5.68. The fourth-order valence-corrected chi connectivity index (χ4v) is 3.17. The summed E-state index contributed by atoms with van der Waals surface area (Å²) in [6, 6.07) is 0.975. The molecule has 0 unspecified atom stereocenters. The lowest BCUT2D eigenvalue weighted by Gasteiger charge is -2.41. The molecular weight excluding hydrogens is 268 g/mol. The van der Waals surface area contributed by atoms with Crippen LogP contribution < -0.4 is 0 Å². The Morgan fingerprint density at radius 1 is 1.14 bits per heavy atom. The molecule has 0 N–H and O–H groups in total. The lowest BCUT2D eigenvalue weighted by molar-refractivity contribution is 0.000838. The lowest BCUT2D eigenvalue weighted by atomic mass is 9.99. The average molecular weight is 298 g/mol. The molecule has 1 amide bonds. The van der Waals surface area contributed by atoms with Gasteiger partial charge in [-0.3, -0.25) is 0 Å². The van der Waals surface area contributed by atoms with E-state index in [0.717, 1.165) is 52.0 Å². The van der Waals surface area contributed by atoms with Crippen LogP contribution in [0.3, 0.4) is 0 Å². The molecule has 0 radical (unpaired) electrons. The van der Waals surface area contributed by atoms with Crippen LogP contribution in [0.4, 0.5) is 4.79 Å². The van der Waals surface area contributed by atoms with Gasteiger partial charge in [0.2, 0.25) is 0 Å². The number of amides is 1. The quantitative estimate of drug-likeness (QED) is 0.785. The van der Waals surface area contributed by atoms with Crippen molar-refractivity contribution in [3.63, 3.8) is 0 Å². The summed E-state index contributed by atoms with van der Waals surface area (Å²) in [6.07, 6.45) is 4.16. The van der Waals surface area contributed by atoms with Gasteiger partial charge in [-0.1, -0.05) is 0 Å². The summed E-state index contributed by atoms with van der Waals surface area (Å²) in [4.78, 5) is 16.5. The zero-order valence-electron chi connectivity index (χ0n) is 13.9. The highest BCUT2D eigenvalue weighted by atomic mass is 16.6. The number of nitrogens with zero attached hydrogens (tertiary/aromatic N) is 2. The zero-order valence-corrected chi connectivity index (χ0v) is 13.9.